The molecule has 4 rings (SSSR count). The number of aromatic nitrogens is 3. The minimum Gasteiger partial charge on any atom is -0.335 e. The number of H-pyrrole nitrogens is 1. The van der Waals surface area contributed by atoms with Crippen molar-refractivity contribution >= 4 is 17.7 Å². The summed E-state index contributed by atoms with van der Waals surface area (Å²) in [5, 5.41) is 7.61. The van der Waals surface area contributed by atoms with Gasteiger partial charge in [0.25, 0.3) is 0 Å². The molecule has 0 aliphatic heterocycles. The Morgan fingerprint density at radius 3 is 2.63 bits per heavy atom. The van der Waals surface area contributed by atoms with Crippen LogP contribution < -0.4 is 0 Å². The summed E-state index contributed by atoms with van der Waals surface area (Å²) in [4.78, 5) is 18.9. The van der Waals surface area contributed by atoms with Crippen LogP contribution >= 0.6 is 11.8 Å². The summed E-state index contributed by atoms with van der Waals surface area (Å²) in [5.41, 5.74) is 1.49. The molecule has 2 aromatic carbocycles. The lowest BCUT2D eigenvalue weighted by Crippen LogP contribution is -2.34. The molecule has 3 aromatic rings. The van der Waals surface area contributed by atoms with Crippen molar-refractivity contribution in [2.45, 2.75) is 30.6 Å². The second-order valence-corrected chi connectivity index (χ2v) is 7.41. The van der Waals surface area contributed by atoms with E-state index in [1.165, 1.54) is 17.8 Å². The first kappa shape index (κ1) is 17.7. The van der Waals surface area contributed by atoms with E-state index >= 15 is 0 Å². The zero-order chi connectivity index (χ0) is 18.6. The molecule has 0 bridgehead atoms. The van der Waals surface area contributed by atoms with Gasteiger partial charge in [0.15, 0.2) is 5.82 Å². The van der Waals surface area contributed by atoms with E-state index in [4.69, 9.17) is 0 Å². The topological polar surface area (TPSA) is 61.9 Å². The monoisotopic (exact) mass is 382 g/mol. The van der Waals surface area contributed by atoms with Crippen molar-refractivity contribution in [2.75, 3.05) is 5.75 Å². The van der Waals surface area contributed by atoms with Crippen LogP contribution in [0.3, 0.4) is 0 Å². The van der Waals surface area contributed by atoms with Crippen LogP contribution in [0.1, 0.15) is 18.4 Å². The van der Waals surface area contributed by atoms with Gasteiger partial charge >= 0.3 is 0 Å². The summed E-state index contributed by atoms with van der Waals surface area (Å²) in [5.74, 6) is 0.620. The number of thioether (sulfide) groups is 1. The first-order valence-corrected chi connectivity index (χ1v) is 9.83. The maximum atomic E-state index is 13.9. The molecule has 0 unspecified atom stereocenters. The molecule has 1 aliphatic carbocycles. The third-order valence-corrected chi connectivity index (χ3v) is 5.28. The molecule has 1 fully saturated rings. The van der Waals surface area contributed by atoms with Crippen LogP contribution in [0.15, 0.2) is 59.8 Å². The molecule has 0 atom stereocenters. The smallest absolute Gasteiger partial charge is 0.233 e. The average Bonchev–Trinajstić information content (AvgIpc) is 3.43. The van der Waals surface area contributed by atoms with Crippen LogP contribution in [-0.4, -0.2) is 37.8 Å². The van der Waals surface area contributed by atoms with Crippen LogP contribution in [0.4, 0.5) is 4.39 Å². The van der Waals surface area contributed by atoms with Crippen LogP contribution in [-0.2, 0) is 11.3 Å². The van der Waals surface area contributed by atoms with E-state index in [9.17, 15) is 9.18 Å². The molecule has 0 spiro atoms. The van der Waals surface area contributed by atoms with E-state index in [-0.39, 0.29) is 23.5 Å². The highest BCUT2D eigenvalue weighted by Gasteiger charge is 2.33. The second-order valence-electron chi connectivity index (χ2n) is 6.47. The minimum atomic E-state index is -0.273. The number of carbonyl (C=O) groups is 1. The number of rotatable bonds is 7. The van der Waals surface area contributed by atoms with Crippen molar-refractivity contribution in [3.8, 4) is 11.4 Å². The molecule has 138 valence electrons. The molecule has 1 N–H and O–H groups in total. The van der Waals surface area contributed by atoms with E-state index < -0.39 is 0 Å². The van der Waals surface area contributed by atoms with Gasteiger partial charge in [0.1, 0.15) is 5.82 Å². The molecular formula is C20H19FN4OS. The van der Waals surface area contributed by atoms with E-state index in [0.29, 0.717) is 23.1 Å². The Hall–Kier alpha value is -2.67. The van der Waals surface area contributed by atoms with Crippen LogP contribution in [0.5, 0.6) is 0 Å². The molecule has 1 aromatic heterocycles. The first-order chi connectivity index (χ1) is 13.2. The van der Waals surface area contributed by atoms with Crippen molar-refractivity contribution < 1.29 is 9.18 Å². The van der Waals surface area contributed by atoms with E-state index in [1.54, 1.807) is 23.1 Å². The number of aromatic amines is 1. The molecule has 1 aliphatic rings. The van der Waals surface area contributed by atoms with Crippen LogP contribution in [0, 0.1) is 5.82 Å². The zero-order valence-corrected chi connectivity index (χ0v) is 15.5. The molecule has 1 saturated carbocycles. The highest BCUT2D eigenvalue weighted by Crippen LogP contribution is 2.30. The number of nitrogens with one attached hydrogen (secondary N) is 1. The standard InChI is InChI=1S/C20H19FN4OS/c21-17-9-5-4-8-15(17)12-25(16-10-11-16)18(26)13-27-20-22-19(23-24-20)14-6-2-1-3-7-14/h1-9,16H,10-13H2,(H,22,23,24). The van der Waals surface area contributed by atoms with Gasteiger partial charge in [-0.05, 0) is 18.9 Å². The van der Waals surface area contributed by atoms with Gasteiger partial charge < -0.3 is 4.90 Å². The normalized spacial score (nSPS) is 13.5. The summed E-state index contributed by atoms with van der Waals surface area (Å²) in [6.45, 7) is 0.306. The fourth-order valence-electron chi connectivity index (χ4n) is 2.86. The minimum absolute atomic E-state index is 0.0168. The third kappa shape index (κ3) is 4.36. The number of hydrogen-bond acceptors (Lipinski definition) is 4. The Balaban J connectivity index is 1.39. The van der Waals surface area contributed by atoms with Gasteiger partial charge in [0.05, 0.1) is 5.75 Å². The quantitative estimate of drug-likeness (QED) is 0.630. The molecule has 7 heteroatoms. The van der Waals surface area contributed by atoms with Gasteiger partial charge in [-0.3, -0.25) is 9.89 Å². The van der Waals surface area contributed by atoms with Crippen molar-refractivity contribution in [1.29, 1.82) is 0 Å². The Kier molecular flexibility index (Phi) is 5.20. The number of halogens is 1. The summed E-state index contributed by atoms with van der Waals surface area (Å²) in [6.07, 6.45) is 1.95. The number of hydrogen-bond donors (Lipinski definition) is 1. The lowest BCUT2D eigenvalue weighted by atomic mass is 10.2. The second kappa shape index (κ2) is 7.92. The van der Waals surface area contributed by atoms with Crippen molar-refractivity contribution in [3.63, 3.8) is 0 Å². The van der Waals surface area contributed by atoms with Gasteiger partial charge in [-0.25, -0.2) is 9.37 Å². The molecule has 0 saturated heterocycles. The largest absolute Gasteiger partial charge is 0.335 e. The van der Waals surface area contributed by atoms with E-state index in [0.717, 1.165) is 18.4 Å². The molecule has 5 nitrogen and oxygen atoms in total. The number of amides is 1. The predicted molar refractivity (Wildman–Crippen MR) is 103 cm³/mol. The van der Waals surface area contributed by atoms with Crippen molar-refractivity contribution in [3.05, 3.63) is 66.0 Å². The predicted octanol–water partition coefficient (Wildman–Crippen LogP) is 3.89. The number of carbonyl (C=O) groups excluding carboxylic acids is 1. The number of nitrogens with zero attached hydrogens (tertiary/aromatic N) is 3. The average molecular weight is 382 g/mol. The third-order valence-electron chi connectivity index (χ3n) is 4.44. The Labute approximate surface area is 161 Å². The lowest BCUT2D eigenvalue weighted by Gasteiger charge is -2.22. The molecular weight excluding hydrogens is 363 g/mol. The highest BCUT2D eigenvalue weighted by molar-refractivity contribution is 7.99. The Morgan fingerprint density at radius 1 is 1.15 bits per heavy atom. The molecule has 1 amide bonds. The molecule has 27 heavy (non-hydrogen) atoms. The first-order valence-electron chi connectivity index (χ1n) is 8.84. The van der Waals surface area contributed by atoms with Gasteiger partial charge in [-0.1, -0.05) is 60.3 Å². The zero-order valence-electron chi connectivity index (χ0n) is 14.6. The Morgan fingerprint density at radius 2 is 1.89 bits per heavy atom. The van der Waals surface area contributed by atoms with E-state index in [2.05, 4.69) is 15.2 Å². The van der Waals surface area contributed by atoms with Crippen LogP contribution in [0.25, 0.3) is 11.4 Å². The van der Waals surface area contributed by atoms with Gasteiger partial charge in [-0.2, -0.15) is 0 Å². The summed E-state index contributed by atoms with van der Waals surface area (Å²) < 4.78 is 13.9. The highest BCUT2D eigenvalue weighted by atomic mass is 32.2. The van der Waals surface area contributed by atoms with Crippen molar-refractivity contribution in [1.82, 2.24) is 20.1 Å². The molecule has 0 radical (unpaired) electrons. The number of benzene rings is 2. The maximum absolute atomic E-state index is 13.9. The van der Waals surface area contributed by atoms with Crippen LogP contribution in [0.2, 0.25) is 0 Å². The van der Waals surface area contributed by atoms with Gasteiger partial charge in [0, 0.05) is 23.7 Å². The molecule has 1 heterocycles. The Bertz CT molecular complexity index is 926. The maximum Gasteiger partial charge on any atom is 0.233 e. The summed E-state index contributed by atoms with van der Waals surface area (Å²) >= 11 is 1.29. The van der Waals surface area contributed by atoms with Gasteiger partial charge in [-0.15, -0.1) is 5.10 Å². The van der Waals surface area contributed by atoms with E-state index in [1.807, 2.05) is 30.3 Å². The fraction of sp³-hybridized carbons (Fsp3) is 0.250. The summed E-state index contributed by atoms with van der Waals surface area (Å²) in [7, 11) is 0. The van der Waals surface area contributed by atoms with Gasteiger partial charge in [0.2, 0.25) is 11.1 Å². The summed E-state index contributed by atoms with van der Waals surface area (Å²) in [6, 6.07) is 16.5. The van der Waals surface area contributed by atoms with Crippen molar-refractivity contribution in [2.24, 2.45) is 0 Å². The SMILES string of the molecule is O=C(CSc1n[nH]c(-c2ccccc2)n1)N(Cc1ccccc1F)C1CC1. The fourth-order valence-corrected chi connectivity index (χ4v) is 3.55. The lowest BCUT2D eigenvalue weighted by molar-refractivity contribution is -0.129.